The van der Waals surface area contributed by atoms with E-state index in [4.69, 9.17) is 10.8 Å². The topological polar surface area (TPSA) is 97.5 Å². The van der Waals surface area contributed by atoms with Gasteiger partial charge in [-0.05, 0) is 24.1 Å². The van der Waals surface area contributed by atoms with Gasteiger partial charge in [0.1, 0.15) is 0 Å². The maximum Gasteiger partial charge on any atom is 0.335 e. The molecule has 0 radical (unpaired) electrons. The lowest BCUT2D eigenvalue weighted by atomic mass is 10.1. The Balaban J connectivity index is 2.44. The molecular weight excluding hydrogens is 254 g/mol. The van der Waals surface area contributed by atoms with Gasteiger partial charge in [-0.25, -0.2) is 4.79 Å². The summed E-state index contributed by atoms with van der Waals surface area (Å²) in [5, 5.41) is 8.72. The van der Waals surface area contributed by atoms with Crippen molar-refractivity contribution in [3.8, 4) is 0 Å². The van der Waals surface area contributed by atoms with Gasteiger partial charge < -0.3 is 10.8 Å². The minimum Gasteiger partial charge on any atom is -0.478 e. The van der Waals surface area contributed by atoms with Gasteiger partial charge in [0.2, 0.25) is 5.91 Å². The van der Waals surface area contributed by atoms with Crippen molar-refractivity contribution in [1.29, 1.82) is 0 Å². The van der Waals surface area contributed by atoms with E-state index >= 15 is 0 Å². The second-order valence-corrected chi connectivity index (χ2v) is 5.44. The molecule has 6 heteroatoms. The first-order chi connectivity index (χ1) is 8.49. The number of hydrogen-bond acceptors (Lipinski definition) is 3. The molecule has 1 aromatic carbocycles. The number of aromatic carboxylic acids is 1. The summed E-state index contributed by atoms with van der Waals surface area (Å²) in [6.45, 7) is 0. The molecule has 3 N–H and O–H groups in total. The summed E-state index contributed by atoms with van der Waals surface area (Å²) >= 11 is 0. The number of carbonyl (C=O) groups excluding carboxylic acids is 1. The molecule has 0 bridgehead atoms. The van der Waals surface area contributed by atoms with E-state index in [0.29, 0.717) is 17.9 Å². The van der Waals surface area contributed by atoms with Crippen molar-refractivity contribution in [1.82, 2.24) is 0 Å². The van der Waals surface area contributed by atoms with Crippen molar-refractivity contribution in [2.24, 2.45) is 5.73 Å². The summed E-state index contributed by atoms with van der Waals surface area (Å²) in [5.41, 5.74) is 6.01. The molecule has 1 rings (SSSR count). The number of primary amides is 1. The highest BCUT2D eigenvalue weighted by Crippen LogP contribution is 2.08. The third-order valence-electron chi connectivity index (χ3n) is 2.32. The van der Waals surface area contributed by atoms with Crippen LogP contribution in [0.4, 0.5) is 0 Å². The maximum absolute atomic E-state index is 11.7. The van der Waals surface area contributed by atoms with Crippen LogP contribution in [0.2, 0.25) is 0 Å². The van der Waals surface area contributed by atoms with E-state index in [2.05, 4.69) is 0 Å². The van der Waals surface area contributed by atoms with E-state index in [1.165, 1.54) is 12.1 Å². The van der Waals surface area contributed by atoms with E-state index in [1.54, 1.807) is 12.1 Å². The van der Waals surface area contributed by atoms with Crippen molar-refractivity contribution in [3.63, 3.8) is 0 Å². The highest BCUT2D eigenvalue weighted by molar-refractivity contribution is 7.84. The van der Waals surface area contributed by atoms with Crippen LogP contribution in [-0.4, -0.2) is 26.9 Å². The number of benzene rings is 1. The normalized spacial score (nSPS) is 12.0. The predicted molar refractivity (Wildman–Crippen MR) is 68.5 cm³/mol. The van der Waals surface area contributed by atoms with Crippen LogP contribution in [0.25, 0.3) is 0 Å². The Morgan fingerprint density at radius 3 is 2.33 bits per heavy atom. The molecule has 1 unspecified atom stereocenters. The monoisotopic (exact) mass is 269 g/mol. The lowest BCUT2D eigenvalue weighted by molar-refractivity contribution is -0.118. The van der Waals surface area contributed by atoms with Crippen LogP contribution in [-0.2, 0) is 21.3 Å². The second-order valence-electron chi connectivity index (χ2n) is 3.86. The molecule has 0 spiro atoms. The van der Waals surface area contributed by atoms with Crippen LogP contribution in [0.15, 0.2) is 24.3 Å². The lowest BCUT2D eigenvalue weighted by Gasteiger charge is -2.02. The van der Waals surface area contributed by atoms with Gasteiger partial charge in [-0.2, -0.15) is 0 Å². The molecule has 0 fully saturated rings. The summed E-state index contributed by atoms with van der Waals surface area (Å²) in [7, 11) is -1.06. The Hall–Kier alpha value is -1.69. The molecule has 0 aliphatic heterocycles. The standard InChI is InChI=1S/C12H15NO4S/c13-11(14)2-1-7-18(17)8-9-3-5-10(6-4-9)12(15)16/h3-6H,1-2,7-8H2,(H2,13,14)(H,15,16). The smallest absolute Gasteiger partial charge is 0.335 e. The molecule has 1 atom stereocenters. The first-order valence-corrected chi connectivity index (χ1v) is 6.93. The van der Waals surface area contributed by atoms with E-state index in [9.17, 15) is 13.8 Å². The number of nitrogens with two attached hydrogens (primary N) is 1. The molecule has 1 aromatic rings. The van der Waals surface area contributed by atoms with E-state index in [1.807, 2.05) is 0 Å². The number of carbonyl (C=O) groups is 2. The summed E-state index contributed by atoms with van der Waals surface area (Å²) in [6, 6.07) is 6.27. The van der Waals surface area contributed by atoms with Crippen LogP contribution >= 0.6 is 0 Å². The fourth-order valence-electron chi connectivity index (χ4n) is 1.41. The lowest BCUT2D eigenvalue weighted by Crippen LogP contribution is -2.12. The van der Waals surface area contributed by atoms with Crippen LogP contribution in [0, 0.1) is 0 Å². The Bertz CT molecular complexity index is 456. The zero-order valence-corrected chi connectivity index (χ0v) is 10.6. The molecular formula is C12H15NO4S. The molecule has 98 valence electrons. The molecule has 0 saturated carbocycles. The van der Waals surface area contributed by atoms with Gasteiger partial charge in [-0.15, -0.1) is 0 Å². The van der Waals surface area contributed by atoms with Crippen molar-refractivity contribution in [2.75, 3.05) is 5.75 Å². The molecule has 1 amide bonds. The van der Waals surface area contributed by atoms with Crippen LogP contribution in [0.3, 0.4) is 0 Å². The third kappa shape index (κ3) is 5.09. The maximum atomic E-state index is 11.7. The highest BCUT2D eigenvalue weighted by Gasteiger charge is 2.05. The van der Waals surface area contributed by atoms with Crippen molar-refractivity contribution in [2.45, 2.75) is 18.6 Å². The number of amides is 1. The highest BCUT2D eigenvalue weighted by atomic mass is 32.2. The van der Waals surface area contributed by atoms with Gasteiger partial charge >= 0.3 is 5.97 Å². The summed E-state index contributed by atoms with van der Waals surface area (Å²) < 4.78 is 11.7. The molecule has 0 aliphatic carbocycles. The molecule has 0 heterocycles. The minimum absolute atomic E-state index is 0.207. The summed E-state index contributed by atoms with van der Waals surface area (Å²) in [4.78, 5) is 21.1. The summed E-state index contributed by atoms with van der Waals surface area (Å²) in [6.07, 6.45) is 0.749. The zero-order valence-electron chi connectivity index (χ0n) is 9.80. The Kier molecular flexibility index (Phi) is 5.51. The number of carboxylic acid groups (broad SMARTS) is 1. The molecule has 0 aliphatic rings. The zero-order chi connectivity index (χ0) is 13.5. The first kappa shape index (κ1) is 14.4. The van der Waals surface area contributed by atoms with E-state index in [-0.39, 0.29) is 12.0 Å². The van der Waals surface area contributed by atoms with Crippen LogP contribution < -0.4 is 5.73 Å². The quantitative estimate of drug-likeness (QED) is 0.768. The largest absolute Gasteiger partial charge is 0.478 e. The van der Waals surface area contributed by atoms with Crippen LogP contribution in [0.5, 0.6) is 0 Å². The number of carboxylic acids is 1. The third-order valence-corrected chi connectivity index (χ3v) is 3.72. The molecule has 0 aromatic heterocycles. The van der Waals surface area contributed by atoms with Gasteiger partial charge in [0.15, 0.2) is 0 Å². The minimum atomic E-state index is -1.06. The van der Waals surface area contributed by atoms with E-state index in [0.717, 1.165) is 5.56 Å². The molecule has 0 saturated heterocycles. The fourth-order valence-corrected chi connectivity index (χ4v) is 2.58. The van der Waals surface area contributed by atoms with E-state index < -0.39 is 22.7 Å². The van der Waals surface area contributed by atoms with Crippen molar-refractivity contribution < 1.29 is 18.9 Å². The Morgan fingerprint density at radius 2 is 1.83 bits per heavy atom. The predicted octanol–water partition coefficient (Wildman–Crippen LogP) is 0.899. The van der Waals surface area contributed by atoms with Crippen molar-refractivity contribution in [3.05, 3.63) is 35.4 Å². The van der Waals surface area contributed by atoms with Gasteiger partial charge in [-0.1, -0.05) is 12.1 Å². The first-order valence-electron chi connectivity index (χ1n) is 5.44. The summed E-state index contributed by atoms with van der Waals surface area (Å²) in [5.74, 6) is -0.593. The number of rotatable bonds is 7. The van der Waals surface area contributed by atoms with Crippen LogP contribution in [0.1, 0.15) is 28.8 Å². The Labute approximate surface area is 107 Å². The average molecular weight is 269 g/mol. The van der Waals surface area contributed by atoms with Gasteiger partial charge in [0.25, 0.3) is 0 Å². The number of hydrogen-bond donors (Lipinski definition) is 2. The van der Waals surface area contributed by atoms with Gasteiger partial charge in [-0.3, -0.25) is 9.00 Å². The fraction of sp³-hybridized carbons (Fsp3) is 0.333. The second kappa shape index (κ2) is 6.90. The molecule has 18 heavy (non-hydrogen) atoms. The SMILES string of the molecule is NC(=O)CCCS(=O)Cc1ccc(C(=O)O)cc1. The van der Waals surface area contributed by atoms with Crippen molar-refractivity contribution >= 4 is 22.7 Å². The molecule has 5 nitrogen and oxygen atoms in total. The Morgan fingerprint density at radius 1 is 1.22 bits per heavy atom. The van der Waals surface area contributed by atoms with Gasteiger partial charge in [0, 0.05) is 28.7 Å². The van der Waals surface area contributed by atoms with Gasteiger partial charge in [0.05, 0.1) is 5.56 Å². The average Bonchev–Trinajstić information content (AvgIpc) is 2.29.